The second-order valence-electron chi connectivity index (χ2n) is 4.30. The lowest BCUT2D eigenvalue weighted by Crippen LogP contribution is -2.20. The van der Waals surface area contributed by atoms with Crippen LogP contribution in [-0.4, -0.2) is 7.05 Å². The van der Waals surface area contributed by atoms with Crippen molar-refractivity contribution in [3.8, 4) is 0 Å². The summed E-state index contributed by atoms with van der Waals surface area (Å²) in [6, 6.07) is 13.2. The quantitative estimate of drug-likeness (QED) is 0.689. The van der Waals surface area contributed by atoms with Crippen molar-refractivity contribution < 1.29 is 4.39 Å². The highest BCUT2D eigenvalue weighted by atomic mass is 127. The molecular weight excluding hydrogens is 420 g/mol. The van der Waals surface area contributed by atoms with Crippen LogP contribution in [0.3, 0.4) is 0 Å². The monoisotopic (exact) mass is 433 g/mol. The van der Waals surface area contributed by atoms with Gasteiger partial charge in [0, 0.05) is 14.1 Å². The van der Waals surface area contributed by atoms with Crippen LogP contribution in [0.1, 0.15) is 17.2 Å². The van der Waals surface area contributed by atoms with Crippen LogP contribution in [0.25, 0.3) is 0 Å². The standard InChI is InChI=1S/C15H14BrFIN/c1-19-15(12-4-2-3-5-14(12)18)9-10-8-11(17)6-7-13(10)16/h2-8,15,19H,9H2,1H3. The Morgan fingerprint density at radius 3 is 2.68 bits per heavy atom. The maximum absolute atomic E-state index is 13.3. The van der Waals surface area contributed by atoms with Gasteiger partial charge < -0.3 is 5.32 Å². The highest BCUT2D eigenvalue weighted by molar-refractivity contribution is 14.1. The largest absolute Gasteiger partial charge is 0.313 e. The summed E-state index contributed by atoms with van der Waals surface area (Å²) in [5, 5.41) is 3.31. The number of likely N-dealkylation sites (N-methyl/N-ethyl adjacent to an activating group) is 1. The molecule has 0 aliphatic heterocycles. The van der Waals surface area contributed by atoms with E-state index in [9.17, 15) is 4.39 Å². The first kappa shape index (κ1) is 14.9. The van der Waals surface area contributed by atoms with Crippen molar-refractivity contribution in [3.05, 3.63) is 67.5 Å². The van der Waals surface area contributed by atoms with Crippen molar-refractivity contribution >= 4 is 38.5 Å². The molecule has 1 nitrogen and oxygen atoms in total. The van der Waals surface area contributed by atoms with Gasteiger partial charge in [0.2, 0.25) is 0 Å². The average Bonchev–Trinajstić information content (AvgIpc) is 2.41. The molecule has 0 saturated carbocycles. The molecule has 2 aromatic rings. The molecule has 0 heterocycles. The van der Waals surface area contributed by atoms with Crippen molar-refractivity contribution in [1.29, 1.82) is 0 Å². The molecule has 100 valence electrons. The summed E-state index contributed by atoms with van der Waals surface area (Å²) in [6.07, 6.45) is 0.745. The van der Waals surface area contributed by atoms with Gasteiger partial charge in [0.25, 0.3) is 0 Å². The van der Waals surface area contributed by atoms with E-state index in [2.05, 4.69) is 56.0 Å². The second kappa shape index (κ2) is 6.81. The summed E-state index contributed by atoms with van der Waals surface area (Å²) in [6.45, 7) is 0. The zero-order valence-corrected chi connectivity index (χ0v) is 14.2. The van der Waals surface area contributed by atoms with Crippen LogP contribution >= 0.6 is 38.5 Å². The number of hydrogen-bond donors (Lipinski definition) is 1. The summed E-state index contributed by atoms with van der Waals surface area (Å²) in [5.41, 5.74) is 2.21. The van der Waals surface area contributed by atoms with E-state index in [4.69, 9.17) is 0 Å². The van der Waals surface area contributed by atoms with E-state index in [1.54, 1.807) is 12.1 Å². The molecule has 0 spiro atoms. The van der Waals surface area contributed by atoms with Gasteiger partial charge in [0.05, 0.1) is 0 Å². The molecule has 0 aliphatic carbocycles. The SMILES string of the molecule is CNC(Cc1cc(F)ccc1Br)c1ccccc1I. The summed E-state index contributed by atoms with van der Waals surface area (Å²) >= 11 is 5.81. The molecule has 19 heavy (non-hydrogen) atoms. The Morgan fingerprint density at radius 1 is 1.26 bits per heavy atom. The van der Waals surface area contributed by atoms with Crippen LogP contribution in [-0.2, 0) is 6.42 Å². The van der Waals surface area contributed by atoms with Gasteiger partial charge in [0.1, 0.15) is 5.82 Å². The molecule has 0 amide bonds. The average molecular weight is 434 g/mol. The molecule has 0 saturated heterocycles. The van der Waals surface area contributed by atoms with Gasteiger partial charge >= 0.3 is 0 Å². The van der Waals surface area contributed by atoms with Crippen LogP contribution in [0.5, 0.6) is 0 Å². The Labute approximate surface area is 134 Å². The van der Waals surface area contributed by atoms with E-state index in [1.807, 2.05) is 19.2 Å². The number of nitrogens with one attached hydrogen (secondary N) is 1. The Kier molecular flexibility index (Phi) is 5.36. The van der Waals surface area contributed by atoms with Crippen LogP contribution in [0.15, 0.2) is 46.9 Å². The van der Waals surface area contributed by atoms with Gasteiger partial charge in [-0.2, -0.15) is 0 Å². The second-order valence-corrected chi connectivity index (χ2v) is 6.32. The minimum absolute atomic E-state index is 0.172. The molecule has 0 aliphatic rings. The predicted octanol–water partition coefficient (Wildman–Crippen LogP) is 4.70. The molecule has 0 fully saturated rings. The van der Waals surface area contributed by atoms with Crippen molar-refractivity contribution in [3.63, 3.8) is 0 Å². The highest BCUT2D eigenvalue weighted by Gasteiger charge is 2.14. The lowest BCUT2D eigenvalue weighted by molar-refractivity contribution is 0.581. The van der Waals surface area contributed by atoms with Crippen LogP contribution < -0.4 is 5.32 Å². The van der Waals surface area contributed by atoms with Crippen molar-refractivity contribution in [1.82, 2.24) is 5.32 Å². The minimum Gasteiger partial charge on any atom is -0.313 e. The van der Waals surface area contributed by atoms with Gasteiger partial charge in [-0.15, -0.1) is 0 Å². The molecule has 1 atom stereocenters. The third kappa shape index (κ3) is 3.77. The van der Waals surface area contributed by atoms with Gasteiger partial charge in [-0.25, -0.2) is 4.39 Å². The number of rotatable bonds is 4. The number of hydrogen-bond acceptors (Lipinski definition) is 1. The van der Waals surface area contributed by atoms with Crippen LogP contribution in [0.4, 0.5) is 4.39 Å². The summed E-state index contributed by atoms with van der Waals surface area (Å²) in [5.74, 6) is -0.198. The summed E-state index contributed by atoms with van der Waals surface area (Å²) in [7, 11) is 1.93. The third-order valence-electron chi connectivity index (χ3n) is 3.06. The first-order chi connectivity index (χ1) is 9.11. The number of benzene rings is 2. The molecule has 2 aromatic carbocycles. The lowest BCUT2D eigenvalue weighted by atomic mass is 9.99. The predicted molar refractivity (Wildman–Crippen MR) is 88.8 cm³/mol. The van der Waals surface area contributed by atoms with E-state index in [1.165, 1.54) is 15.2 Å². The van der Waals surface area contributed by atoms with Crippen molar-refractivity contribution in [2.24, 2.45) is 0 Å². The molecule has 1 unspecified atom stereocenters. The fourth-order valence-electron chi connectivity index (χ4n) is 2.04. The fraction of sp³-hybridized carbons (Fsp3) is 0.200. The van der Waals surface area contributed by atoms with E-state index in [0.29, 0.717) is 0 Å². The molecule has 1 N–H and O–H groups in total. The molecule has 4 heteroatoms. The third-order valence-corrected chi connectivity index (χ3v) is 4.82. The van der Waals surface area contributed by atoms with Gasteiger partial charge in [0.15, 0.2) is 0 Å². The van der Waals surface area contributed by atoms with Gasteiger partial charge in [-0.3, -0.25) is 0 Å². The Balaban J connectivity index is 2.29. The summed E-state index contributed by atoms with van der Waals surface area (Å²) < 4.78 is 15.5. The van der Waals surface area contributed by atoms with Crippen LogP contribution in [0.2, 0.25) is 0 Å². The molecule has 0 bridgehead atoms. The van der Waals surface area contributed by atoms with E-state index >= 15 is 0 Å². The highest BCUT2D eigenvalue weighted by Crippen LogP contribution is 2.27. The normalized spacial score (nSPS) is 12.4. The lowest BCUT2D eigenvalue weighted by Gasteiger charge is -2.19. The molecule has 0 radical (unpaired) electrons. The molecule has 2 rings (SSSR count). The number of halogens is 3. The van der Waals surface area contributed by atoms with E-state index in [-0.39, 0.29) is 11.9 Å². The topological polar surface area (TPSA) is 12.0 Å². The Hall–Kier alpha value is -0.460. The van der Waals surface area contributed by atoms with Gasteiger partial charge in [-0.1, -0.05) is 34.1 Å². The first-order valence-electron chi connectivity index (χ1n) is 5.97. The zero-order chi connectivity index (χ0) is 13.8. The Morgan fingerprint density at radius 2 is 2.00 bits per heavy atom. The maximum Gasteiger partial charge on any atom is 0.123 e. The maximum atomic E-state index is 13.3. The van der Waals surface area contributed by atoms with Crippen molar-refractivity contribution in [2.75, 3.05) is 7.05 Å². The van der Waals surface area contributed by atoms with Gasteiger partial charge in [-0.05, 0) is 71.5 Å². The Bertz CT molecular complexity index is 574. The van der Waals surface area contributed by atoms with E-state index in [0.717, 1.165) is 16.5 Å². The summed E-state index contributed by atoms with van der Waals surface area (Å²) in [4.78, 5) is 0. The molecule has 0 aromatic heterocycles. The first-order valence-corrected chi connectivity index (χ1v) is 7.84. The smallest absolute Gasteiger partial charge is 0.123 e. The fourth-order valence-corrected chi connectivity index (χ4v) is 3.22. The minimum atomic E-state index is -0.198. The van der Waals surface area contributed by atoms with Crippen LogP contribution in [0, 0.1) is 9.39 Å². The van der Waals surface area contributed by atoms with E-state index < -0.39 is 0 Å². The molecular formula is C15H14BrFIN. The zero-order valence-electron chi connectivity index (χ0n) is 10.5. The van der Waals surface area contributed by atoms with Crippen molar-refractivity contribution in [2.45, 2.75) is 12.5 Å².